The Kier molecular flexibility index (Phi) is 5.06. The summed E-state index contributed by atoms with van der Waals surface area (Å²) in [6, 6.07) is 9.61. The predicted octanol–water partition coefficient (Wildman–Crippen LogP) is 2.07. The summed E-state index contributed by atoms with van der Waals surface area (Å²) in [5, 5.41) is 9.38. The van der Waals surface area contributed by atoms with E-state index in [9.17, 15) is 14.7 Å². The largest absolute Gasteiger partial charge is 0.481 e. The zero-order valence-electron chi connectivity index (χ0n) is 11.5. The normalized spacial score (nSPS) is 21.9. The smallest absolute Gasteiger partial charge is 0.308 e. The fourth-order valence-electron chi connectivity index (χ4n) is 2.64. The number of carbonyl (C=O) groups excluding carboxylic acids is 1. The average molecular weight is 293 g/mol. The molecule has 1 aliphatic heterocycles. The molecular weight excluding hydrogens is 274 g/mol. The van der Waals surface area contributed by atoms with Gasteiger partial charge in [0.1, 0.15) is 0 Å². The molecule has 1 N–H and O–H groups in total. The number of hydrogen-bond donors (Lipinski definition) is 1. The van der Waals surface area contributed by atoms with Gasteiger partial charge in [-0.1, -0.05) is 30.3 Å². The van der Waals surface area contributed by atoms with E-state index in [1.807, 2.05) is 36.6 Å². The summed E-state index contributed by atoms with van der Waals surface area (Å²) in [7, 11) is 0. The van der Waals surface area contributed by atoms with Crippen LogP contribution in [0, 0.1) is 5.92 Å². The number of likely N-dealkylation sites (tertiary alicyclic amines) is 1. The molecule has 5 heteroatoms. The first-order valence-corrected chi connectivity index (χ1v) is 8.07. The van der Waals surface area contributed by atoms with Crippen molar-refractivity contribution in [2.24, 2.45) is 5.92 Å². The van der Waals surface area contributed by atoms with Gasteiger partial charge in [-0.15, -0.1) is 0 Å². The summed E-state index contributed by atoms with van der Waals surface area (Å²) >= 11 is 1.63. The summed E-state index contributed by atoms with van der Waals surface area (Å²) in [4.78, 5) is 25.2. The minimum Gasteiger partial charge on any atom is -0.481 e. The first-order chi connectivity index (χ1) is 9.63. The SMILES string of the molecule is CSCCC(=O)N1C[C@@H](C(=O)O)[C@H](c2ccccc2)C1. The fraction of sp³-hybridized carbons (Fsp3) is 0.467. The van der Waals surface area contributed by atoms with Gasteiger partial charge in [-0.05, 0) is 11.8 Å². The monoisotopic (exact) mass is 293 g/mol. The Balaban J connectivity index is 2.12. The number of benzene rings is 1. The molecule has 0 bridgehead atoms. The number of carboxylic acid groups (broad SMARTS) is 1. The third kappa shape index (κ3) is 3.33. The van der Waals surface area contributed by atoms with E-state index in [-0.39, 0.29) is 11.8 Å². The molecule has 4 nitrogen and oxygen atoms in total. The molecular formula is C15H19NO3S. The number of nitrogens with zero attached hydrogens (tertiary/aromatic N) is 1. The van der Waals surface area contributed by atoms with Gasteiger partial charge in [0, 0.05) is 31.2 Å². The molecule has 2 rings (SSSR count). The lowest BCUT2D eigenvalue weighted by Crippen LogP contribution is -2.30. The van der Waals surface area contributed by atoms with Crippen LogP contribution in [0.4, 0.5) is 0 Å². The van der Waals surface area contributed by atoms with E-state index in [0.29, 0.717) is 19.5 Å². The Bertz CT molecular complexity index is 477. The van der Waals surface area contributed by atoms with Crippen molar-refractivity contribution in [3.8, 4) is 0 Å². The minimum atomic E-state index is -0.820. The van der Waals surface area contributed by atoms with Crippen LogP contribution in [0.2, 0.25) is 0 Å². The summed E-state index contributed by atoms with van der Waals surface area (Å²) in [5.41, 5.74) is 1.00. The summed E-state index contributed by atoms with van der Waals surface area (Å²) in [5.74, 6) is -0.589. The van der Waals surface area contributed by atoms with Crippen LogP contribution in [0.1, 0.15) is 17.9 Å². The highest BCUT2D eigenvalue weighted by Gasteiger charge is 2.40. The lowest BCUT2D eigenvalue weighted by molar-refractivity contribution is -0.141. The van der Waals surface area contributed by atoms with E-state index < -0.39 is 11.9 Å². The summed E-state index contributed by atoms with van der Waals surface area (Å²) < 4.78 is 0. The molecule has 0 aromatic heterocycles. The van der Waals surface area contributed by atoms with Gasteiger partial charge >= 0.3 is 5.97 Å². The second-order valence-electron chi connectivity index (χ2n) is 5.00. The highest BCUT2D eigenvalue weighted by Crippen LogP contribution is 2.33. The molecule has 1 amide bonds. The standard InChI is InChI=1S/C15H19NO3S/c1-20-8-7-14(17)16-9-12(13(10-16)15(18)19)11-5-3-2-4-6-11/h2-6,12-13H,7-10H2,1H3,(H,18,19)/t12-,13+/m0/s1. The second kappa shape index (κ2) is 6.79. The molecule has 1 aromatic carbocycles. The number of carboxylic acids is 1. The molecule has 1 fully saturated rings. The zero-order chi connectivity index (χ0) is 14.5. The van der Waals surface area contributed by atoms with Gasteiger partial charge in [0.05, 0.1) is 5.92 Å². The third-order valence-electron chi connectivity index (χ3n) is 3.74. The third-order valence-corrected chi connectivity index (χ3v) is 4.35. The number of rotatable bonds is 5. The molecule has 0 saturated carbocycles. The molecule has 0 spiro atoms. The maximum atomic E-state index is 12.1. The molecule has 0 radical (unpaired) electrons. The van der Waals surface area contributed by atoms with Crippen LogP contribution in [0.5, 0.6) is 0 Å². The molecule has 0 unspecified atom stereocenters. The van der Waals surface area contributed by atoms with Crippen LogP contribution in [0.25, 0.3) is 0 Å². The van der Waals surface area contributed by atoms with Gasteiger partial charge in [-0.25, -0.2) is 0 Å². The Morgan fingerprint density at radius 2 is 2.00 bits per heavy atom. The summed E-state index contributed by atoms with van der Waals surface area (Å²) in [6.45, 7) is 0.830. The van der Waals surface area contributed by atoms with Crippen molar-refractivity contribution in [2.75, 3.05) is 25.1 Å². The van der Waals surface area contributed by atoms with Crippen molar-refractivity contribution in [3.63, 3.8) is 0 Å². The van der Waals surface area contributed by atoms with E-state index in [4.69, 9.17) is 0 Å². The number of amides is 1. The average Bonchev–Trinajstić information content (AvgIpc) is 2.91. The molecule has 1 heterocycles. The van der Waals surface area contributed by atoms with Crippen LogP contribution >= 0.6 is 11.8 Å². The summed E-state index contributed by atoms with van der Waals surface area (Å²) in [6.07, 6.45) is 2.44. The van der Waals surface area contributed by atoms with E-state index in [0.717, 1.165) is 11.3 Å². The van der Waals surface area contributed by atoms with Crippen molar-refractivity contribution in [2.45, 2.75) is 12.3 Å². The van der Waals surface area contributed by atoms with Gasteiger partial charge < -0.3 is 10.0 Å². The van der Waals surface area contributed by atoms with Gasteiger partial charge in [0.25, 0.3) is 0 Å². The predicted molar refractivity (Wildman–Crippen MR) is 79.9 cm³/mol. The van der Waals surface area contributed by atoms with Crippen LogP contribution in [0.3, 0.4) is 0 Å². The zero-order valence-corrected chi connectivity index (χ0v) is 12.3. The van der Waals surface area contributed by atoms with E-state index in [2.05, 4.69) is 0 Å². The highest BCUT2D eigenvalue weighted by molar-refractivity contribution is 7.98. The van der Waals surface area contributed by atoms with E-state index in [1.54, 1.807) is 16.7 Å². The first-order valence-electron chi connectivity index (χ1n) is 6.68. The highest BCUT2D eigenvalue weighted by atomic mass is 32.2. The number of aliphatic carboxylic acids is 1. The maximum absolute atomic E-state index is 12.1. The van der Waals surface area contributed by atoms with E-state index in [1.165, 1.54) is 0 Å². The lowest BCUT2D eigenvalue weighted by atomic mass is 9.89. The van der Waals surface area contributed by atoms with E-state index >= 15 is 0 Å². The van der Waals surface area contributed by atoms with Crippen molar-refractivity contribution in [3.05, 3.63) is 35.9 Å². The van der Waals surface area contributed by atoms with Gasteiger partial charge in [-0.2, -0.15) is 11.8 Å². The van der Waals surface area contributed by atoms with Crippen LogP contribution in [-0.4, -0.2) is 47.0 Å². The Morgan fingerprint density at radius 3 is 2.60 bits per heavy atom. The maximum Gasteiger partial charge on any atom is 0.308 e. The Hall–Kier alpha value is -1.49. The Morgan fingerprint density at radius 1 is 1.30 bits per heavy atom. The number of hydrogen-bond acceptors (Lipinski definition) is 3. The molecule has 2 atom stereocenters. The first kappa shape index (κ1) is 14.9. The van der Waals surface area contributed by atoms with Crippen molar-refractivity contribution >= 4 is 23.6 Å². The number of carbonyl (C=O) groups is 2. The molecule has 1 saturated heterocycles. The van der Waals surface area contributed by atoms with Crippen molar-refractivity contribution < 1.29 is 14.7 Å². The molecule has 20 heavy (non-hydrogen) atoms. The van der Waals surface area contributed by atoms with Gasteiger partial charge in [0.15, 0.2) is 0 Å². The number of thioether (sulfide) groups is 1. The van der Waals surface area contributed by atoms with Gasteiger partial charge in [0.2, 0.25) is 5.91 Å². The van der Waals surface area contributed by atoms with Crippen molar-refractivity contribution in [1.29, 1.82) is 0 Å². The topological polar surface area (TPSA) is 57.6 Å². The van der Waals surface area contributed by atoms with Crippen LogP contribution in [0.15, 0.2) is 30.3 Å². The molecule has 1 aliphatic rings. The molecule has 1 aromatic rings. The molecule has 0 aliphatic carbocycles. The fourth-order valence-corrected chi connectivity index (χ4v) is 3.02. The van der Waals surface area contributed by atoms with Gasteiger partial charge in [-0.3, -0.25) is 9.59 Å². The quantitative estimate of drug-likeness (QED) is 0.903. The Labute approximate surface area is 123 Å². The minimum absolute atomic E-state index is 0.0593. The second-order valence-corrected chi connectivity index (χ2v) is 5.99. The lowest BCUT2D eigenvalue weighted by Gasteiger charge is -2.16. The van der Waals surface area contributed by atoms with Crippen LogP contribution in [-0.2, 0) is 9.59 Å². The van der Waals surface area contributed by atoms with Crippen LogP contribution < -0.4 is 0 Å². The van der Waals surface area contributed by atoms with Crippen molar-refractivity contribution in [1.82, 2.24) is 4.90 Å². The molecule has 108 valence electrons.